The van der Waals surface area contributed by atoms with Gasteiger partial charge in [-0.25, -0.2) is 4.79 Å². The van der Waals surface area contributed by atoms with Crippen LogP contribution in [0.5, 0.6) is 0 Å². The number of hydrogen-bond donors (Lipinski definition) is 1. The van der Waals surface area contributed by atoms with Crippen LogP contribution in [-0.2, 0) is 16.1 Å². The van der Waals surface area contributed by atoms with E-state index in [2.05, 4.69) is 5.32 Å². The molecule has 0 aliphatic carbocycles. The molecule has 5 heteroatoms. The second kappa shape index (κ2) is 5.83. The lowest BCUT2D eigenvalue weighted by Gasteiger charge is -2.42. The van der Waals surface area contributed by atoms with Crippen molar-refractivity contribution in [2.45, 2.75) is 38.0 Å². The summed E-state index contributed by atoms with van der Waals surface area (Å²) in [5.74, 6) is -0.0488. The van der Waals surface area contributed by atoms with E-state index in [0.717, 1.165) is 18.4 Å². The fraction of sp³-hybridized carbons (Fsp3) is 0.412. The van der Waals surface area contributed by atoms with Gasteiger partial charge >= 0.3 is 6.09 Å². The number of carbonyl (C=O) groups excluding carboxylic acids is 2. The highest BCUT2D eigenvalue weighted by Gasteiger charge is 2.41. The normalized spacial score (nSPS) is 27.0. The third kappa shape index (κ3) is 2.98. The Balaban J connectivity index is 1.56. The highest BCUT2D eigenvalue weighted by atomic mass is 16.6. The van der Waals surface area contributed by atoms with E-state index >= 15 is 0 Å². The van der Waals surface area contributed by atoms with Crippen molar-refractivity contribution >= 4 is 12.0 Å². The van der Waals surface area contributed by atoms with Crippen LogP contribution < -0.4 is 5.32 Å². The number of carbonyl (C=O) groups is 2. The zero-order valence-electron chi connectivity index (χ0n) is 12.6. The summed E-state index contributed by atoms with van der Waals surface area (Å²) < 4.78 is 5.39. The number of nitrogens with one attached hydrogen (secondary N) is 1. The average Bonchev–Trinajstić information content (AvgIpc) is 2.86. The number of piperidine rings is 1. The van der Waals surface area contributed by atoms with Gasteiger partial charge in [-0.2, -0.15) is 0 Å². The Labute approximate surface area is 129 Å². The van der Waals surface area contributed by atoms with Crippen LogP contribution in [0.25, 0.3) is 0 Å². The Morgan fingerprint density at radius 1 is 1.41 bits per heavy atom. The third-order valence-electron chi connectivity index (χ3n) is 4.36. The molecule has 0 bridgehead atoms. The molecule has 0 unspecified atom stereocenters. The summed E-state index contributed by atoms with van der Waals surface area (Å²) in [5.41, 5.74) is 0.690. The van der Waals surface area contributed by atoms with Gasteiger partial charge < -0.3 is 15.0 Å². The Morgan fingerprint density at radius 2 is 2.18 bits per heavy atom. The standard InChI is InChI=1S/C17H20N2O3/c1-13-11-17(8-7-15(20)18-17)9-10-19(13)16(21)22-12-14-5-3-2-4-6-14/h2-8,13H,9-12H2,1H3,(H,18,20)/t13-,17+/m0/s1. The number of nitrogens with zero attached hydrogens (tertiary/aromatic N) is 1. The number of likely N-dealkylation sites (tertiary alicyclic amines) is 1. The average molecular weight is 300 g/mol. The number of amides is 2. The Morgan fingerprint density at radius 3 is 2.82 bits per heavy atom. The second-order valence-electron chi connectivity index (χ2n) is 6.02. The minimum Gasteiger partial charge on any atom is -0.445 e. The summed E-state index contributed by atoms with van der Waals surface area (Å²) in [6.07, 6.45) is 4.66. The van der Waals surface area contributed by atoms with E-state index in [0.29, 0.717) is 6.54 Å². The number of benzene rings is 1. The predicted molar refractivity (Wildman–Crippen MR) is 82.0 cm³/mol. The molecule has 0 aromatic heterocycles. The quantitative estimate of drug-likeness (QED) is 0.911. The topological polar surface area (TPSA) is 58.6 Å². The van der Waals surface area contributed by atoms with Gasteiger partial charge in [0.25, 0.3) is 0 Å². The fourth-order valence-corrected chi connectivity index (χ4v) is 3.18. The van der Waals surface area contributed by atoms with Gasteiger partial charge in [0.05, 0.1) is 5.54 Å². The van der Waals surface area contributed by atoms with Gasteiger partial charge in [-0.15, -0.1) is 0 Å². The molecular weight excluding hydrogens is 280 g/mol. The van der Waals surface area contributed by atoms with E-state index in [1.165, 1.54) is 0 Å². The molecule has 2 aliphatic heterocycles. The monoisotopic (exact) mass is 300 g/mol. The van der Waals surface area contributed by atoms with Crippen molar-refractivity contribution in [2.75, 3.05) is 6.54 Å². The van der Waals surface area contributed by atoms with Gasteiger partial charge in [0.15, 0.2) is 0 Å². The Hall–Kier alpha value is -2.30. The third-order valence-corrected chi connectivity index (χ3v) is 4.36. The molecule has 1 aromatic rings. The summed E-state index contributed by atoms with van der Waals surface area (Å²) in [4.78, 5) is 25.4. The molecule has 2 atom stereocenters. The lowest BCUT2D eigenvalue weighted by atomic mass is 9.85. The van der Waals surface area contributed by atoms with Gasteiger partial charge in [-0.1, -0.05) is 36.4 Å². The van der Waals surface area contributed by atoms with Crippen LogP contribution in [-0.4, -0.2) is 35.0 Å². The van der Waals surface area contributed by atoms with E-state index in [-0.39, 0.29) is 30.2 Å². The van der Waals surface area contributed by atoms with Crippen LogP contribution in [0.4, 0.5) is 4.79 Å². The van der Waals surface area contributed by atoms with Crippen LogP contribution in [0.3, 0.4) is 0 Å². The lowest BCUT2D eigenvalue weighted by molar-refractivity contribution is -0.117. The first-order valence-corrected chi connectivity index (χ1v) is 7.57. The van der Waals surface area contributed by atoms with E-state index in [4.69, 9.17) is 4.74 Å². The van der Waals surface area contributed by atoms with Crippen molar-refractivity contribution in [2.24, 2.45) is 0 Å². The van der Waals surface area contributed by atoms with E-state index < -0.39 is 0 Å². The van der Waals surface area contributed by atoms with Crippen molar-refractivity contribution in [3.63, 3.8) is 0 Å². The Bertz CT molecular complexity index is 599. The molecule has 1 spiro atoms. The van der Waals surface area contributed by atoms with Crippen molar-refractivity contribution in [1.29, 1.82) is 0 Å². The molecule has 1 aromatic carbocycles. The van der Waals surface area contributed by atoms with Crippen LogP contribution in [0.2, 0.25) is 0 Å². The minimum atomic E-state index is -0.292. The zero-order chi connectivity index (χ0) is 15.6. The molecule has 2 aliphatic rings. The van der Waals surface area contributed by atoms with Crippen LogP contribution in [0.1, 0.15) is 25.3 Å². The summed E-state index contributed by atoms with van der Waals surface area (Å²) in [5, 5.41) is 2.99. The van der Waals surface area contributed by atoms with Gasteiger partial charge in [0.2, 0.25) is 5.91 Å². The van der Waals surface area contributed by atoms with Gasteiger partial charge in [-0.05, 0) is 25.3 Å². The molecular formula is C17H20N2O3. The SMILES string of the molecule is C[C@H]1C[C@@]2(C=CC(=O)N2)CCN1C(=O)OCc1ccccc1. The zero-order valence-corrected chi connectivity index (χ0v) is 12.6. The van der Waals surface area contributed by atoms with Crippen molar-refractivity contribution in [1.82, 2.24) is 10.2 Å². The number of hydrogen-bond acceptors (Lipinski definition) is 3. The number of rotatable bonds is 2. The van der Waals surface area contributed by atoms with Gasteiger partial charge in [-0.3, -0.25) is 4.79 Å². The smallest absolute Gasteiger partial charge is 0.410 e. The maximum atomic E-state index is 12.2. The first-order valence-electron chi connectivity index (χ1n) is 7.57. The largest absolute Gasteiger partial charge is 0.445 e. The highest BCUT2D eigenvalue weighted by molar-refractivity contribution is 5.91. The van der Waals surface area contributed by atoms with Crippen LogP contribution in [0.15, 0.2) is 42.5 Å². The molecule has 3 rings (SSSR count). The van der Waals surface area contributed by atoms with Gasteiger partial charge in [0.1, 0.15) is 6.61 Å². The molecule has 1 N–H and O–H groups in total. The second-order valence-corrected chi connectivity index (χ2v) is 6.02. The first kappa shape index (κ1) is 14.6. The molecule has 1 fully saturated rings. The molecule has 22 heavy (non-hydrogen) atoms. The highest BCUT2D eigenvalue weighted by Crippen LogP contribution is 2.31. The van der Waals surface area contributed by atoms with Crippen molar-refractivity contribution < 1.29 is 14.3 Å². The van der Waals surface area contributed by atoms with Crippen molar-refractivity contribution in [3.05, 3.63) is 48.0 Å². The Kier molecular flexibility index (Phi) is 3.88. The predicted octanol–water partition coefficient (Wildman–Crippen LogP) is 2.23. The molecule has 0 radical (unpaired) electrons. The first-order chi connectivity index (χ1) is 10.6. The molecule has 116 valence electrons. The molecule has 2 amide bonds. The summed E-state index contributed by atoms with van der Waals surface area (Å²) in [7, 11) is 0. The maximum Gasteiger partial charge on any atom is 0.410 e. The molecule has 2 heterocycles. The van der Waals surface area contributed by atoms with E-state index in [9.17, 15) is 9.59 Å². The summed E-state index contributed by atoms with van der Waals surface area (Å²) in [6, 6.07) is 9.67. The van der Waals surface area contributed by atoms with E-state index in [1.807, 2.05) is 43.3 Å². The molecule has 0 saturated carbocycles. The lowest BCUT2D eigenvalue weighted by Crippen LogP contribution is -2.56. The van der Waals surface area contributed by atoms with Gasteiger partial charge in [0, 0.05) is 18.7 Å². The van der Waals surface area contributed by atoms with E-state index in [1.54, 1.807) is 11.0 Å². The molecule has 5 nitrogen and oxygen atoms in total. The summed E-state index contributed by atoms with van der Waals surface area (Å²) in [6.45, 7) is 2.85. The van der Waals surface area contributed by atoms with Crippen LogP contribution >= 0.6 is 0 Å². The van der Waals surface area contributed by atoms with Crippen molar-refractivity contribution in [3.8, 4) is 0 Å². The van der Waals surface area contributed by atoms with Crippen LogP contribution in [0, 0.1) is 0 Å². The maximum absolute atomic E-state index is 12.2. The minimum absolute atomic E-state index is 0.0278. The fourth-order valence-electron chi connectivity index (χ4n) is 3.18. The number of ether oxygens (including phenoxy) is 1. The summed E-state index contributed by atoms with van der Waals surface area (Å²) >= 11 is 0. The molecule has 1 saturated heterocycles.